The molecule has 32 heavy (non-hydrogen) atoms. The van der Waals surface area contributed by atoms with Crippen molar-refractivity contribution in [3.05, 3.63) is 65.4 Å². The first-order chi connectivity index (χ1) is 15.4. The molecule has 4 rings (SSSR count). The van der Waals surface area contributed by atoms with Crippen LogP contribution in [0.5, 0.6) is 17.2 Å². The second-order valence-electron chi connectivity index (χ2n) is 7.39. The molecule has 164 valence electrons. The van der Waals surface area contributed by atoms with Crippen molar-refractivity contribution in [2.24, 2.45) is 5.73 Å². The van der Waals surface area contributed by atoms with E-state index in [1.807, 2.05) is 24.3 Å². The summed E-state index contributed by atoms with van der Waals surface area (Å²) in [4.78, 5) is 28.7. The standard InChI is InChI=1S/C24H23N3O5/c1-30-19-10-15(11-20(31-2)21(19)32-3)16-9-17-18(24(29)27-23(17)26-12-16)8-13-5-4-6-14(7-13)22(25)28/h4-7,9-12,18H,8H2,1-3H3,(H2,25,28)(H,26,27,29). The van der Waals surface area contributed by atoms with E-state index in [0.717, 1.165) is 22.3 Å². The highest BCUT2D eigenvalue weighted by molar-refractivity contribution is 6.02. The highest BCUT2D eigenvalue weighted by Gasteiger charge is 2.32. The van der Waals surface area contributed by atoms with Crippen LogP contribution in [0.1, 0.15) is 27.4 Å². The van der Waals surface area contributed by atoms with E-state index < -0.39 is 11.8 Å². The van der Waals surface area contributed by atoms with Gasteiger partial charge in [-0.05, 0) is 47.9 Å². The molecular formula is C24H23N3O5. The molecule has 3 aromatic rings. The number of nitrogens with zero attached hydrogens (tertiary/aromatic N) is 1. The zero-order valence-corrected chi connectivity index (χ0v) is 18.0. The number of anilines is 1. The van der Waals surface area contributed by atoms with E-state index in [4.69, 9.17) is 19.9 Å². The first-order valence-electron chi connectivity index (χ1n) is 9.95. The largest absolute Gasteiger partial charge is 0.493 e. The third kappa shape index (κ3) is 3.82. The van der Waals surface area contributed by atoms with Crippen LogP contribution in [0.3, 0.4) is 0 Å². The Balaban J connectivity index is 1.72. The van der Waals surface area contributed by atoms with Crippen LogP contribution in [-0.4, -0.2) is 38.1 Å². The van der Waals surface area contributed by atoms with Gasteiger partial charge in [0.2, 0.25) is 17.6 Å². The Labute approximate surface area is 185 Å². The predicted octanol–water partition coefficient (Wildman–Crippen LogP) is 3.15. The second kappa shape index (κ2) is 8.58. The van der Waals surface area contributed by atoms with Gasteiger partial charge in [-0.2, -0.15) is 0 Å². The van der Waals surface area contributed by atoms with Gasteiger partial charge in [-0.1, -0.05) is 12.1 Å². The van der Waals surface area contributed by atoms with Gasteiger partial charge in [0.15, 0.2) is 11.5 Å². The molecule has 2 amide bonds. The molecule has 0 saturated carbocycles. The number of methoxy groups -OCH3 is 3. The number of primary amides is 1. The highest BCUT2D eigenvalue weighted by atomic mass is 16.5. The summed E-state index contributed by atoms with van der Waals surface area (Å²) in [6, 6.07) is 12.6. The van der Waals surface area contributed by atoms with Gasteiger partial charge in [-0.25, -0.2) is 4.98 Å². The van der Waals surface area contributed by atoms with E-state index in [-0.39, 0.29) is 5.91 Å². The molecule has 8 heteroatoms. The summed E-state index contributed by atoms with van der Waals surface area (Å²) in [5.74, 6) is 0.989. The molecule has 0 bridgehead atoms. The number of aromatic nitrogens is 1. The van der Waals surface area contributed by atoms with Crippen LogP contribution in [0.25, 0.3) is 11.1 Å². The van der Waals surface area contributed by atoms with Crippen molar-refractivity contribution in [3.63, 3.8) is 0 Å². The number of nitrogens with one attached hydrogen (secondary N) is 1. The average molecular weight is 433 g/mol. The van der Waals surface area contributed by atoms with Gasteiger partial charge in [0.1, 0.15) is 5.82 Å². The van der Waals surface area contributed by atoms with Crippen molar-refractivity contribution in [2.45, 2.75) is 12.3 Å². The summed E-state index contributed by atoms with van der Waals surface area (Å²) in [5.41, 5.74) is 9.03. The molecule has 0 spiro atoms. The minimum absolute atomic E-state index is 0.140. The van der Waals surface area contributed by atoms with Gasteiger partial charge in [0, 0.05) is 22.9 Å². The van der Waals surface area contributed by atoms with Gasteiger partial charge in [0.05, 0.1) is 27.2 Å². The Bertz CT molecular complexity index is 1180. The number of benzene rings is 2. The molecule has 8 nitrogen and oxygen atoms in total. The maximum Gasteiger partial charge on any atom is 0.248 e. The van der Waals surface area contributed by atoms with E-state index in [0.29, 0.717) is 35.1 Å². The van der Waals surface area contributed by atoms with Crippen LogP contribution in [0.2, 0.25) is 0 Å². The zero-order valence-electron chi connectivity index (χ0n) is 18.0. The minimum atomic E-state index is -0.505. The number of amides is 2. The molecule has 1 aliphatic rings. The summed E-state index contributed by atoms with van der Waals surface area (Å²) in [7, 11) is 4.66. The molecule has 1 aromatic heterocycles. The van der Waals surface area contributed by atoms with Crippen molar-refractivity contribution in [1.29, 1.82) is 0 Å². The summed E-state index contributed by atoms with van der Waals surface area (Å²) >= 11 is 0. The third-order valence-corrected chi connectivity index (χ3v) is 5.50. The number of fused-ring (bicyclic) bond motifs is 1. The highest BCUT2D eigenvalue weighted by Crippen LogP contribution is 2.42. The monoisotopic (exact) mass is 433 g/mol. The van der Waals surface area contributed by atoms with Gasteiger partial charge < -0.3 is 25.3 Å². The fourth-order valence-electron chi connectivity index (χ4n) is 3.89. The summed E-state index contributed by atoms with van der Waals surface area (Å²) in [6.07, 6.45) is 2.11. The van der Waals surface area contributed by atoms with E-state index in [1.165, 1.54) is 0 Å². The van der Waals surface area contributed by atoms with E-state index in [9.17, 15) is 9.59 Å². The number of rotatable bonds is 7. The topological polar surface area (TPSA) is 113 Å². The molecule has 2 heterocycles. The van der Waals surface area contributed by atoms with Gasteiger partial charge >= 0.3 is 0 Å². The normalized spacial score (nSPS) is 14.5. The lowest BCUT2D eigenvalue weighted by Gasteiger charge is -2.15. The molecular weight excluding hydrogens is 410 g/mol. The third-order valence-electron chi connectivity index (χ3n) is 5.50. The summed E-state index contributed by atoms with van der Waals surface area (Å²) in [6.45, 7) is 0. The Morgan fingerprint density at radius 3 is 2.38 bits per heavy atom. The van der Waals surface area contributed by atoms with Crippen molar-refractivity contribution in [1.82, 2.24) is 4.98 Å². The number of nitrogens with two attached hydrogens (primary N) is 1. The maximum atomic E-state index is 12.7. The molecule has 0 saturated heterocycles. The van der Waals surface area contributed by atoms with Gasteiger partial charge in [0.25, 0.3) is 0 Å². The molecule has 2 aromatic carbocycles. The molecule has 0 fully saturated rings. The lowest BCUT2D eigenvalue weighted by molar-refractivity contribution is -0.117. The summed E-state index contributed by atoms with van der Waals surface area (Å²) < 4.78 is 16.3. The van der Waals surface area contributed by atoms with Gasteiger partial charge in [-0.3, -0.25) is 9.59 Å². The van der Waals surface area contributed by atoms with Crippen LogP contribution in [0.4, 0.5) is 5.82 Å². The van der Waals surface area contributed by atoms with E-state index in [2.05, 4.69) is 10.3 Å². The first-order valence-corrected chi connectivity index (χ1v) is 9.95. The van der Waals surface area contributed by atoms with Crippen LogP contribution in [-0.2, 0) is 11.2 Å². The summed E-state index contributed by atoms with van der Waals surface area (Å²) in [5, 5.41) is 2.84. The fourth-order valence-corrected chi connectivity index (χ4v) is 3.89. The van der Waals surface area contributed by atoms with Gasteiger partial charge in [-0.15, -0.1) is 0 Å². The van der Waals surface area contributed by atoms with Crippen molar-refractivity contribution >= 4 is 17.6 Å². The van der Waals surface area contributed by atoms with Crippen LogP contribution >= 0.6 is 0 Å². The Morgan fingerprint density at radius 2 is 1.75 bits per heavy atom. The SMILES string of the molecule is COc1cc(-c2cnc3c(c2)C(Cc2cccc(C(N)=O)c2)C(=O)N3)cc(OC)c1OC. The van der Waals surface area contributed by atoms with E-state index in [1.54, 1.807) is 45.7 Å². The quantitative estimate of drug-likeness (QED) is 0.592. The first kappa shape index (κ1) is 21.2. The fraction of sp³-hybridized carbons (Fsp3) is 0.208. The number of carbonyl (C=O) groups is 2. The maximum absolute atomic E-state index is 12.7. The lowest BCUT2D eigenvalue weighted by atomic mass is 9.92. The van der Waals surface area contributed by atoms with Crippen LogP contribution < -0.4 is 25.3 Å². The lowest BCUT2D eigenvalue weighted by Crippen LogP contribution is -2.15. The van der Waals surface area contributed by atoms with Crippen LogP contribution in [0.15, 0.2) is 48.7 Å². The zero-order chi connectivity index (χ0) is 22.8. The predicted molar refractivity (Wildman–Crippen MR) is 119 cm³/mol. The second-order valence-corrected chi connectivity index (χ2v) is 7.39. The van der Waals surface area contributed by atoms with Crippen molar-refractivity contribution in [3.8, 4) is 28.4 Å². The number of ether oxygens (including phenoxy) is 3. The average Bonchev–Trinajstić information content (AvgIpc) is 3.12. The Hall–Kier alpha value is -4.07. The van der Waals surface area contributed by atoms with E-state index >= 15 is 0 Å². The minimum Gasteiger partial charge on any atom is -0.493 e. The van der Waals surface area contributed by atoms with Crippen molar-refractivity contribution < 1.29 is 23.8 Å². The number of carbonyl (C=O) groups excluding carboxylic acids is 2. The van der Waals surface area contributed by atoms with Crippen LogP contribution in [0, 0.1) is 0 Å². The molecule has 0 aliphatic carbocycles. The number of hydrogen-bond acceptors (Lipinski definition) is 6. The molecule has 1 atom stereocenters. The molecule has 0 radical (unpaired) electrons. The number of pyridine rings is 1. The smallest absolute Gasteiger partial charge is 0.248 e. The Morgan fingerprint density at radius 1 is 1.03 bits per heavy atom. The molecule has 1 aliphatic heterocycles. The Kier molecular flexibility index (Phi) is 5.68. The molecule has 3 N–H and O–H groups in total. The van der Waals surface area contributed by atoms with Crippen molar-refractivity contribution in [2.75, 3.05) is 26.6 Å². The number of hydrogen-bond donors (Lipinski definition) is 2. The molecule has 1 unspecified atom stereocenters.